The van der Waals surface area contributed by atoms with Gasteiger partial charge in [0.05, 0.1) is 11.4 Å². The highest BCUT2D eigenvalue weighted by atomic mass is 35.5. The first-order valence-corrected chi connectivity index (χ1v) is 6.89. The molecule has 6 heteroatoms. The molecular weight excluding hydrogens is 274 g/mol. The average molecular weight is 290 g/mol. The van der Waals surface area contributed by atoms with Crippen LogP contribution in [-0.4, -0.2) is 19.3 Å². The number of fused-ring (bicyclic) bond motifs is 1. The minimum atomic E-state index is 0.452. The largest absolute Gasteiger partial charge is 0.369 e. The lowest BCUT2D eigenvalue weighted by Crippen LogP contribution is -2.07. The molecule has 2 N–H and O–H groups in total. The van der Waals surface area contributed by atoms with Gasteiger partial charge in [0.2, 0.25) is 5.95 Å². The summed E-state index contributed by atoms with van der Waals surface area (Å²) in [6.45, 7) is 6.72. The molecule has 0 unspecified atom stereocenters. The van der Waals surface area contributed by atoms with Gasteiger partial charge in [-0.25, -0.2) is 9.67 Å². The number of benzene rings is 1. The second kappa shape index (κ2) is 4.52. The van der Waals surface area contributed by atoms with Gasteiger partial charge in [-0.2, -0.15) is 5.10 Å². The number of imidazole rings is 1. The Bertz CT molecular complexity index is 800. The van der Waals surface area contributed by atoms with E-state index in [1.807, 2.05) is 48.2 Å². The molecule has 0 atom stereocenters. The van der Waals surface area contributed by atoms with Crippen LogP contribution in [0.3, 0.4) is 0 Å². The van der Waals surface area contributed by atoms with Crippen LogP contribution in [-0.2, 0) is 6.54 Å². The molecule has 2 aromatic heterocycles. The van der Waals surface area contributed by atoms with E-state index in [0.717, 1.165) is 34.7 Å². The Kier molecular flexibility index (Phi) is 2.94. The maximum Gasteiger partial charge on any atom is 0.207 e. The normalized spacial score (nSPS) is 11.4. The van der Waals surface area contributed by atoms with Gasteiger partial charge < -0.3 is 5.73 Å². The fraction of sp³-hybridized carbons (Fsp3) is 0.286. The molecule has 0 bridgehead atoms. The molecule has 0 saturated carbocycles. The smallest absolute Gasteiger partial charge is 0.207 e. The molecule has 0 aliphatic carbocycles. The van der Waals surface area contributed by atoms with Crippen molar-refractivity contribution in [1.82, 2.24) is 19.3 Å². The molecule has 0 spiro atoms. The lowest BCUT2D eigenvalue weighted by atomic mass is 10.2. The van der Waals surface area contributed by atoms with Crippen LogP contribution in [0, 0.1) is 13.8 Å². The average Bonchev–Trinajstić information content (AvgIpc) is 2.90. The van der Waals surface area contributed by atoms with Gasteiger partial charge >= 0.3 is 0 Å². The molecule has 1 aromatic carbocycles. The van der Waals surface area contributed by atoms with Gasteiger partial charge in [0.1, 0.15) is 5.52 Å². The molecular formula is C14H16ClN5. The fourth-order valence-corrected chi connectivity index (χ4v) is 2.65. The van der Waals surface area contributed by atoms with Crippen molar-refractivity contribution < 1.29 is 0 Å². The quantitative estimate of drug-likeness (QED) is 0.788. The minimum absolute atomic E-state index is 0.452. The first-order valence-electron chi connectivity index (χ1n) is 6.51. The van der Waals surface area contributed by atoms with Crippen LogP contribution in [0.4, 0.5) is 5.95 Å². The molecule has 0 amide bonds. The number of nitrogens with zero attached hydrogens (tertiary/aromatic N) is 4. The molecule has 3 rings (SSSR count). The number of halogens is 1. The third-order valence-corrected chi connectivity index (χ3v) is 3.93. The Morgan fingerprint density at radius 2 is 2.05 bits per heavy atom. The summed E-state index contributed by atoms with van der Waals surface area (Å²) in [5.74, 6) is 0.452. The zero-order valence-electron chi connectivity index (χ0n) is 11.7. The van der Waals surface area contributed by atoms with Crippen LogP contribution in [0.25, 0.3) is 16.9 Å². The predicted molar refractivity (Wildman–Crippen MR) is 81.4 cm³/mol. The summed E-state index contributed by atoms with van der Waals surface area (Å²) in [7, 11) is 0. The number of aryl methyl sites for hydroxylation is 2. The third kappa shape index (κ3) is 1.70. The predicted octanol–water partition coefficient (Wildman–Crippen LogP) is 3.09. The van der Waals surface area contributed by atoms with Gasteiger partial charge in [-0.15, -0.1) is 0 Å². The van der Waals surface area contributed by atoms with Crippen LogP contribution in [0.1, 0.15) is 18.2 Å². The molecule has 5 nitrogen and oxygen atoms in total. The Hall–Kier alpha value is -2.01. The highest BCUT2D eigenvalue weighted by molar-refractivity contribution is 6.31. The van der Waals surface area contributed by atoms with Crippen LogP contribution >= 0.6 is 11.6 Å². The molecule has 0 radical (unpaired) electrons. The fourth-order valence-electron chi connectivity index (χ4n) is 2.48. The number of aromatic nitrogens is 4. The van der Waals surface area contributed by atoms with Gasteiger partial charge in [0.25, 0.3) is 0 Å². The van der Waals surface area contributed by atoms with Crippen molar-refractivity contribution in [3.8, 4) is 5.69 Å². The topological polar surface area (TPSA) is 61.7 Å². The zero-order valence-corrected chi connectivity index (χ0v) is 12.4. The van der Waals surface area contributed by atoms with Gasteiger partial charge in [-0.05, 0) is 38.5 Å². The lowest BCUT2D eigenvalue weighted by Gasteiger charge is -2.11. The molecule has 0 fully saturated rings. The standard InChI is InChI=1S/C14H16ClN5/c1-4-19-13-12(9(3)18-19)17-14(16)20(13)11-7-5-6-10(15)8(11)2/h5-7H,4H2,1-3H3,(H2,16,17). The molecule has 0 saturated heterocycles. The molecule has 0 aliphatic rings. The summed E-state index contributed by atoms with van der Waals surface area (Å²) < 4.78 is 3.83. The van der Waals surface area contributed by atoms with Crippen LogP contribution in [0.15, 0.2) is 18.2 Å². The second-order valence-electron chi connectivity index (χ2n) is 4.76. The van der Waals surface area contributed by atoms with E-state index < -0.39 is 0 Å². The zero-order chi connectivity index (χ0) is 14.4. The van der Waals surface area contributed by atoms with Gasteiger partial charge in [0.15, 0.2) is 5.65 Å². The first kappa shape index (κ1) is 13.0. The summed E-state index contributed by atoms with van der Waals surface area (Å²) in [5, 5.41) is 5.20. The maximum atomic E-state index is 6.22. The van der Waals surface area contributed by atoms with Crippen molar-refractivity contribution in [2.45, 2.75) is 27.3 Å². The summed E-state index contributed by atoms with van der Waals surface area (Å²) in [4.78, 5) is 4.44. The summed E-state index contributed by atoms with van der Waals surface area (Å²) in [6.07, 6.45) is 0. The second-order valence-corrected chi connectivity index (χ2v) is 5.17. The SMILES string of the molecule is CCn1nc(C)c2nc(N)n(-c3cccc(Cl)c3C)c21. The minimum Gasteiger partial charge on any atom is -0.369 e. The van der Waals surface area contributed by atoms with Crippen molar-refractivity contribution in [1.29, 1.82) is 0 Å². The Morgan fingerprint density at radius 3 is 2.75 bits per heavy atom. The van der Waals surface area contributed by atoms with E-state index in [9.17, 15) is 0 Å². The number of rotatable bonds is 2. The molecule has 104 valence electrons. The Morgan fingerprint density at radius 1 is 1.30 bits per heavy atom. The van der Waals surface area contributed by atoms with Gasteiger partial charge in [-0.3, -0.25) is 4.57 Å². The number of hydrogen-bond acceptors (Lipinski definition) is 3. The summed E-state index contributed by atoms with van der Waals surface area (Å²) in [5.41, 5.74) is 10.6. The Balaban J connectivity index is 2.41. The number of nitrogens with two attached hydrogens (primary N) is 1. The third-order valence-electron chi connectivity index (χ3n) is 3.52. The molecule has 0 aliphatic heterocycles. The van der Waals surface area contributed by atoms with E-state index in [2.05, 4.69) is 10.1 Å². The van der Waals surface area contributed by atoms with E-state index >= 15 is 0 Å². The highest BCUT2D eigenvalue weighted by Crippen LogP contribution is 2.29. The first-order chi connectivity index (χ1) is 9.54. The van der Waals surface area contributed by atoms with Gasteiger partial charge in [-0.1, -0.05) is 17.7 Å². The molecule has 2 heterocycles. The van der Waals surface area contributed by atoms with E-state index in [1.165, 1.54) is 0 Å². The van der Waals surface area contributed by atoms with E-state index in [1.54, 1.807) is 0 Å². The van der Waals surface area contributed by atoms with Crippen LogP contribution in [0.5, 0.6) is 0 Å². The maximum absolute atomic E-state index is 6.22. The number of hydrogen-bond donors (Lipinski definition) is 1. The van der Waals surface area contributed by atoms with Crippen molar-refractivity contribution >= 4 is 28.7 Å². The van der Waals surface area contributed by atoms with E-state index in [4.69, 9.17) is 17.3 Å². The monoisotopic (exact) mass is 289 g/mol. The number of nitrogen functional groups attached to an aromatic ring is 1. The van der Waals surface area contributed by atoms with Gasteiger partial charge in [0, 0.05) is 11.6 Å². The van der Waals surface area contributed by atoms with E-state index in [-0.39, 0.29) is 0 Å². The van der Waals surface area contributed by atoms with Crippen molar-refractivity contribution in [3.05, 3.63) is 34.5 Å². The van der Waals surface area contributed by atoms with Crippen LogP contribution in [0.2, 0.25) is 5.02 Å². The molecule has 20 heavy (non-hydrogen) atoms. The Labute approximate surface area is 122 Å². The van der Waals surface area contributed by atoms with Crippen LogP contribution < -0.4 is 5.73 Å². The lowest BCUT2D eigenvalue weighted by molar-refractivity contribution is 0.663. The molecule has 3 aromatic rings. The van der Waals surface area contributed by atoms with Crippen molar-refractivity contribution in [2.75, 3.05) is 5.73 Å². The summed E-state index contributed by atoms with van der Waals surface area (Å²) >= 11 is 6.22. The summed E-state index contributed by atoms with van der Waals surface area (Å²) in [6, 6.07) is 5.77. The number of anilines is 1. The van der Waals surface area contributed by atoms with Crippen molar-refractivity contribution in [3.63, 3.8) is 0 Å². The van der Waals surface area contributed by atoms with E-state index in [0.29, 0.717) is 11.0 Å². The van der Waals surface area contributed by atoms with Crippen molar-refractivity contribution in [2.24, 2.45) is 0 Å². The highest BCUT2D eigenvalue weighted by Gasteiger charge is 2.19.